The van der Waals surface area contributed by atoms with Crippen LogP contribution in [0.3, 0.4) is 0 Å². The van der Waals surface area contributed by atoms with Gasteiger partial charge in [0.05, 0.1) is 33.1 Å². The van der Waals surface area contributed by atoms with E-state index in [0.717, 1.165) is 20.9 Å². The fraction of sp³-hybridized carbons (Fsp3) is 0.400. The number of fused-ring (bicyclic) bond motifs is 1. The summed E-state index contributed by atoms with van der Waals surface area (Å²) in [6.07, 6.45) is 0.802. The van der Waals surface area contributed by atoms with E-state index in [1.807, 2.05) is 25.1 Å². The number of ether oxygens (including phenoxy) is 2. The maximum Gasteiger partial charge on any atom is 0.305 e. The van der Waals surface area contributed by atoms with E-state index in [-0.39, 0.29) is 18.7 Å². The molecule has 1 amide bonds. The van der Waals surface area contributed by atoms with Crippen molar-refractivity contribution in [3.05, 3.63) is 45.1 Å². The highest BCUT2D eigenvalue weighted by atomic mass is 32.1. The summed E-state index contributed by atoms with van der Waals surface area (Å²) in [6.45, 7) is 2.49. The summed E-state index contributed by atoms with van der Waals surface area (Å²) in [5.41, 5.74) is 1.81. The summed E-state index contributed by atoms with van der Waals surface area (Å²) in [6, 6.07) is 7.12. The van der Waals surface area contributed by atoms with Gasteiger partial charge in [-0.25, -0.2) is 0 Å². The molecule has 3 rings (SSSR count). The molecule has 2 heterocycles. The molecule has 1 atom stereocenters. The van der Waals surface area contributed by atoms with Crippen LogP contribution in [0.4, 0.5) is 0 Å². The Hall–Kier alpha value is -2.54. The molecular weight excluding hydrogens is 366 g/mol. The van der Waals surface area contributed by atoms with Crippen molar-refractivity contribution in [1.29, 1.82) is 0 Å². The van der Waals surface area contributed by atoms with Crippen molar-refractivity contribution in [2.75, 3.05) is 20.8 Å². The van der Waals surface area contributed by atoms with Gasteiger partial charge in [0.15, 0.2) is 11.5 Å². The Labute approximate surface area is 162 Å². The van der Waals surface area contributed by atoms with Crippen LogP contribution in [0.25, 0.3) is 0 Å². The zero-order valence-electron chi connectivity index (χ0n) is 15.7. The number of hydrogen-bond acceptors (Lipinski definition) is 5. The van der Waals surface area contributed by atoms with Crippen LogP contribution in [-0.4, -0.2) is 42.6 Å². The summed E-state index contributed by atoms with van der Waals surface area (Å²) in [5.74, 6) is 0.157. The Balaban J connectivity index is 1.94. The van der Waals surface area contributed by atoms with Crippen LogP contribution in [0.15, 0.2) is 24.3 Å². The standard InChI is InChI=1S/C20H23NO5S/c1-12-4-5-14(27-12)9-19(22)21-7-6-13-8-17(25-2)18(26-3)10-15(13)16(21)11-20(23)24/h4-5,8,10,16H,6-7,9,11H2,1-3H3,(H,23,24). The molecule has 0 radical (unpaired) electrons. The minimum atomic E-state index is -0.938. The number of aryl methyl sites for hydroxylation is 1. The van der Waals surface area contributed by atoms with E-state index in [1.54, 1.807) is 36.5 Å². The van der Waals surface area contributed by atoms with Crippen LogP contribution >= 0.6 is 11.3 Å². The molecule has 1 aromatic carbocycles. The summed E-state index contributed by atoms with van der Waals surface area (Å²) < 4.78 is 10.7. The predicted octanol–water partition coefficient (Wildman–Crippen LogP) is 3.22. The molecular formula is C20H23NO5S. The third-order valence-electron chi connectivity index (χ3n) is 4.81. The van der Waals surface area contributed by atoms with Gasteiger partial charge in [-0.3, -0.25) is 9.59 Å². The van der Waals surface area contributed by atoms with Crippen LogP contribution in [0.5, 0.6) is 11.5 Å². The summed E-state index contributed by atoms with van der Waals surface area (Å²) in [7, 11) is 3.11. The number of carboxylic acids is 1. The molecule has 1 unspecified atom stereocenters. The maximum absolute atomic E-state index is 12.9. The van der Waals surface area contributed by atoms with E-state index in [1.165, 1.54) is 0 Å². The molecule has 0 fully saturated rings. The number of benzene rings is 1. The lowest BCUT2D eigenvalue weighted by Crippen LogP contribution is -2.41. The second kappa shape index (κ2) is 8.00. The normalized spacial score (nSPS) is 16.0. The third kappa shape index (κ3) is 4.08. The summed E-state index contributed by atoms with van der Waals surface area (Å²) in [5, 5.41) is 9.42. The minimum absolute atomic E-state index is 0.0523. The molecule has 1 aliphatic heterocycles. The molecule has 7 heteroatoms. The van der Waals surface area contributed by atoms with Crippen LogP contribution in [0.1, 0.15) is 33.3 Å². The van der Waals surface area contributed by atoms with Crippen molar-refractivity contribution in [3.63, 3.8) is 0 Å². The average molecular weight is 389 g/mol. The van der Waals surface area contributed by atoms with Gasteiger partial charge in [0.25, 0.3) is 0 Å². The Bertz CT molecular complexity index is 860. The first-order valence-electron chi connectivity index (χ1n) is 8.74. The molecule has 0 saturated heterocycles. The minimum Gasteiger partial charge on any atom is -0.493 e. The lowest BCUT2D eigenvalue weighted by atomic mass is 9.89. The van der Waals surface area contributed by atoms with Crippen LogP contribution in [0.2, 0.25) is 0 Å². The molecule has 1 aromatic heterocycles. The number of carboxylic acid groups (broad SMARTS) is 1. The number of thiophene rings is 1. The zero-order valence-corrected chi connectivity index (χ0v) is 16.5. The van der Waals surface area contributed by atoms with Crippen molar-refractivity contribution in [2.24, 2.45) is 0 Å². The molecule has 144 valence electrons. The van der Waals surface area contributed by atoms with E-state index in [9.17, 15) is 14.7 Å². The number of carbonyl (C=O) groups excluding carboxylic acids is 1. The topological polar surface area (TPSA) is 76.1 Å². The monoisotopic (exact) mass is 389 g/mol. The SMILES string of the molecule is COc1cc2c(cc1OC)C(CC(=O)O)N(C(=O)Cc1ccc(C)s1)CC2. The van der Waals surface area contributed by atoms with Crippen molar-refractivity contribution in [3.8, 4) is 11.5 Å². The highest BCUT2D eigenvalue weighted by Gasteiger charge is 2.33. The predicted molar refractivity (Wildman–Crippen MR) is 103 cm³/mol. The average Bonchev–Trinajstić information content (AvgIpc) is 3.04. The Morgan fingerprint density at radius 1 is 1.22 bits per heavy atom. The number of methoxy groups -OCH3 is 2. The smallest absolute Gasteiger partial charge is 0.305 e. The quantitative estimate of drug-likeness (QED) is 0.821. The van der Waals surface area contributed by atoms with Crippen molar-refractivity contribution >= 4 is 23.2 Å². The fourth-order valence-electron chi connectivity index (χ4n) is 3.54. The van der Waals surface area contributed by atoms with E-state index in [0.29, 0.717) is 24.5 Å². The van der Waals surface area contributed by atoms with Gasteiger partial charge in [0.1, 0.15) is 0 Å². The van der Waals surface area contributed by atoms with E-state index in [4.69, 9.17) is 9.47 Å². The van der Waals surface area contributed by atoms with E-state index < -0.39 is 12.0 Å². The van der Waals surface area contributed by atoms with Crippen molar-refractivity contribution in [1.82, 2.24) is 4.90 Å². The highest BCUT2D eigenvalue weighted by Crippen LogP contribution is 2.39. The van der Waals surface area contributed by atoms with Crippen molar-refractivity contribution < 1.29 is 24.2 Å². The van der Waals surface area contributed by atoms with Crippen LogP contribution in [0, 0.1) is 6.92 Å². The number of nitrogens with zero attached hydrogens (tertiary/aromatic N) is 1. The Kier molecular flexibility index (Phi) is 5.70. The summed E-state index contributed by atoms with van der Waals surface area (Å²) >= 11 is 1.59. The van der Waals surface area contributed by atoms with Crippen LogP contribution < -0.4 is 9.47 Å². The maximum atomic E-state index is 12.9. The zero-order chi connectivity index (χ0) is 19.6. The van der Waals surface area contributed by atoms with Gasteiger partial charge in [0, 0.05) is 16.3 Å². The molecule has 1 aliphatic rings. The molecule has 6 nitrogen and oxygen atoms in total. The van der Waals surface area contributed by atoms with Crippen molar-refractivity contribution in [2.45, 2.75) is 32.2 Å². The molecule has 0 spiro atoms. The first-order valence-corrected chi connectivity index (χ1v) is 9.56. The lowest BCUT2D eigenvalue weighted by Gasteiger charge is -2.37. The molecule has 2 aromatic rings. The van der Waals surface area contributed by atoms with Gasteiger partial charge in [-0.05, 0) is 48.7 Å². The number of hydrogen-bond donors (Lipinski definition) is 1. The van der Waals surface area contributed by atoms with Gasteiger partial charge in [0.2, 0.25) is 5.91 Å². The first-order chi connectivity index (χ1) is 12.9. The largest absolute Gasteiger partial charge is 0.493 e. The van der Waals surface area contributed by atoms with E-state index >= 15 is 0 Å². The highest BCUT2D eigenvalue weighted by molar-refractivity contribution is 7.12. The molecule has 1 N–H and O–H groups in total. The summed E-state index contributed by atoms with van der Waals surface area (Å²) in [4.78, 5) is 28.3. The van der Waals surface area contributed by atoms with Crippen LogP contribution in [-0.2, 0) is 22.4 Å². The van der Waals surface area contributed by atoms with E-state index in [2.05, 4.69) is 0 Å². The lowest BCUT2D eigenvalue weighted by molar-refractivity contribution is -0.141. The number of aliphatic carboxylic acids is 1. The van der Waals surface area contributed by atoms with Gasteiger partial charge in [-0.15, -0.1) is 11.3 Å². The number of carbonyl (C=O) groups is 2. The van der Waals surface area contributed by atoms with Gasteiger partial charge < -0.3 is 19.5 Å². The Morgan fingerprint density at radius 3 is 2.52 bits per heavy atom. The van der Waals surface area contributed by atoms with Gasteiger partial charge in [-0.2, -0.15) is 0 Å². The van der Waals surface area contributed by atoms with Gasteiger partial charge >= 0.3 is 5.97 Å². The second-order valence-electron chi connectivity index (χ2n) is 6.55. The molecule has 0 bridgehead atoms. The molecule has 27 heavy (non-hydrogen) atoms. The molecule has 0 saturated carbocycles. The third-order valence-corrected chi connectivity index (χ3v) is 5.81. The number of rotatable bonds is 6. The first kappa shape index (κ1) is 19.2. The fourth-order valence-corrected chi connectivity index (χ4v) is 4.42. The number of amides is 1. The van der Waals surface area contributed by atoms with Gasteiger partial charge in [-0.1, -0.05) is 0 Å². The second-order valence-corrected chi connectivity index (χ2v) is 7.92. The Morgan fingerprint density at radius 2 is 1.93 bits per heavy atom. The molecule has 0 aliphatic carbocycles.